The highest BCUT2D eigenvalue weighted by Crippen LogP contribution is 2.17. The largest absolute Gasteiger partial charge is 1.00 e. The van der Waals surface area contributed by atoms with E-state index in [0.29, 0.717) is 0 Å². The van der Waals surface area contributed by atoms with Crippen LogP contribution in [0.1, 0.15) is 37.8 Å². The maximum absolute atomic E-state index is 3.64. The van der Waals surface area contributed by atoms with Crippen LogP contribution in [0.5, 0.6) is 0 Å². The van der Waals surface area contributed by atoms with Gasteiger partial charge in [-0.3, -0.25) is 0 Å². The molecule has 0 aromatic carbocycles. The SMILES string of the molecule is Cn1cccc1CNC1CCCCC1.[Cl-]. The minimum absolute atomic E-state index is 0. The Hall–Kier alpha value is -0.470. The number of hydrogen-bond acceptors (Lipinski definition) is 1. The summed E-state index contributed by atoms with van der Waals surface area (Å²) in [6, 6.07) is 5.06. The first-order valence-corrected chi connectivity index (χ1v) is 5.70. The lowest BCUT2D eigenvalue weighted by atomic mass is 9.95. The summed E-state index contributed by atoms with van der Waals surface area (Å²) >= 11 is 0. The molecule has 1 fully saturated rings. The van der Waals surface area contributed by atoms with Crippen molar-refractivity contribution in [3.63, 3.8) is 0 Å². The summed E-state index contributed by atoms with van der Waals surface area (Å²) in [6.07, 6.45) is 9.09. The molecule has 0 atom stereocenters. The van der Waals surface area contributed by atoms with Gasteiger partial charge >= 0.3 is 0 Å². The Balaban J connectivity index is 0.00000112. The van der Waals surface area contributed by atoms with Crippen molar-refractivity contribution in [2.24, 2.45) is 7.05 Å². The van der Waals surface area contributed by atoms with Crippen molar-refractivity contribution in [3.8, 4) is 0 Å². The molecule has 0 bridgehead atoms. The second-order valence-electron chi connectivity index (χ2n) is 4.33. The first-order chi connectivity index (χ1) is 6.86. The van der Waals surface area contributed by atoms with Gasteiger partial charge in [0, 0.05) is 31.5 Å². The highest BCUT2D eigenvalue weighted by Gasteiger charge is 2.12. The predicted molar refractivity (Wildman–Crippen MR) is 59.1 cm³/mol. The van der Waals surface area contributed by atoms with Gasteiger partial charge in [0.15, 0.2) is 0 Å². The molecule has 0 saturated heterocycles. The topological polar surface area (TPSA) is 17.0 Å². The fraction of sp³-hybridized carbons (Fsp3) is 0.667. The quantitative estimate of drug-likeness (QED) is 0.734. The number of nitrogens with one attached hydrogen (secondary N) is 1. The van der Waals surface area contributed by atoms with Gasteiger partial charge in [-0.15, -0.1) is 0 Å². The Morgan fingerprint density at radius 1 is 1.33 bits per heavy atom. The molecule has 15 heavy (non-hydrogen) atoms. The average molecular weight is 228 g/mol. The minimum atomic E-state index is 0. The number of aryl methyl sites for hydroxylation is 1. The third kappa shape index (κ3) is 3.54. The van der Waals surface area contributed by atoms with Crippen LogP contribution in [0, 0.1) is 0 Å². The number of halogens is 1. The maximum atomic E-state index is 3.64. The van der Waals surface area contributed by atoms with Gasteiger partial charge in [-0.2, -0.15) is 0 Å². The fourth-order valence-electron chi connectivity index (χ4n) is 2.24. The van der Waals surface area contributed by atoms with Gasteiger partial charge in [0.05, 0.1) is 0 Å². The van der Waals surface area contributed by atoms with E-state index in [2.05, 4.69) is 35.3 Å². The Kier molecular flexibility index (Phi) is 5.20. The van der Waals surface area contributed by atoms with Gasteiger partial charge in [-0.1, -0.05) is 19.3 Å². The van der Waals surface area contributed by atoms with Crippen LogP contribution in [0.15, 0.2) is 18.3 Å². The van der Waals surface area contributed by atoms with Crippen molar-refractivity contribution in [1.82, 2.24) is 9.88 Å². The lowest BCUT2D eigenvalue weighted by Crippen LogP contribution is -3.00. The molecule has 1 aromatic heterocycles. The zero-order chi connectivity index (χ0) is 9.80. The summed E-state index contributed by atoms with van der Waals surface area (Å²) in [7, 11) is 2.11. The van der Waals surface area contributed by atoms with Crippen LogP contribution in [0.4, 0.5) is 0 Å². The number of rotatable bonds is 3. The van der Waals surface area contributed by atoms with Gasteiger partial charge in [0.25, 0.3) is 0 Å². The summed E-state index contributed by atoms with van der Waals surface area (Å²) < 4.78 is 2.19. The summed E-state index contributed by atoms with van der Waals surface area (Å²) in [5.41, 5.74) is 1.38. The molecule has 0 amide bonds. The molecular formula is C12H20ClN2-. The Labute approximate surface area is 98.5 Å². The molecule has 2 rings (SSSR count). The Bertz CT molecular complexity index is 277. The smallest absolute Gasteiger partial charge is 0.0361 e. The molecule has 1 heterocycles. The van der Waals surface area contributed by atoms with Crippen LogP contribution < -0.4 is 17.7 Å². The standard InChI is InChI=1S/C12H20N2.ClH/c1-14-9-5-8-12(14)10-13-11-6-3-2-4-7-11;/h5,8-9,11,13H,2-4,6-7,10H2,1H3;1H/p-1. The number of nitrogens with zero attached hydrogens (tertiary/aromatic N) is 1. The van der Waals surface area contributed by atoms with E-state index in [-0.39, 0.29) is 12.4 Å². The molecule has 0 radical (unpaired) electrons. The van der Waals surface area contributed by atoms with Crippen molar-refractivity contribution in [1.29, 1.82) is 0 Å². The summed E-state index contributed by atoms with van der Waals surface area (Å²) in [6.45, 7) is 1.02. The third-order valence-corrected chi connectivity index (χ3v) is 3.23. The molecule has 1 aliphatic rings. The molecule has 1 aliphatic carbocycles. The fourth-order valence-corrected chi connectivity index (χ4v) is 2.24. The van der Waals surface area contributed by atoms with E-state index >= 15 is 0 Å². The van der Waals surface area contributed by atoms with Crippen molar-refractivity contribution >= 4 is 0 Å². The summed E-state index contributed by atoms with van der Waals surface area (Å²) in [5, 5.41) is 3.64. The molecule has 86 valence electrons. The molecule has 0 aliphatic heterocycles. The highest BCUT2D eigenvalue weighted by molar-refractivity contribution is 5.06. The van der Waals surface area contributed by atoms with E-state index in [4.69, 9.17) is 0 Å². The van der Waals surface area contributed by atoms with Crippen molar-refractivity contribution < 1.29 is 12.4 Å². The Morgan fingerprint density at radius 2 is 2.07 bits per heavy atom. The second kappa shape index (κ2) is 6.19. The van der Waals surface area contributed by atoms with Gasteiger partial charge < -0.3 is 22.3 Å². The molecule has 1 aromatic rings. The van der Waals surface area contributed by atoms with Crippen LogP contribution in [0.2, 0.25) is 0 Å². The van der Waals surface area contributed by atoms with Crippen molar-refractivity contribution in [3.05, 3.63) is 24.0 Å². The predicted octanol–water partition coefficient (Wildman–Crippen LogP) is -0.549. The summed E-state index contributed by atoms with van der Waals surface area (Å²) in [5.74, 6) is 0. The van der Waals surface area contributed by atoms with Gasteiger partial charge in [0.2, 0.25) is 0 Å². The molecule has 3 heteroatoms. The van der Waals surface area contributed by atoms with Crippen LogP contribution in [0.25, 0.3) is 0 Å². The normalized spacial score (nSPS) is 17.4. The molecule has 0 unspecified atom stereocenters. The highest BCUT2D eigenvalue weighted by atomic mass is 35.5. The number of hydrogen-bond donors (Lipinski definition) is 1. The van der Waals surface area contributed by atoms with Crippen LogP contribution in [0.3, 0.4) is 0 Å². The van der Waals surface area contributed by atoms with E-state index in [1.165, 1.54) is 37.8 Å². The van der Waals surface area contributed by atoms with Crippen LogP contribution in [-0.4, -0.2) is 10.6 Å². The molecule has 1 N–H and O–H groups in total. The van der Waals surface area contributed by atoms with E-state index in [9.17, 15) is 0 Å². The second-order valence-corrected chi connectivity index (χ2v) is 4.33. The monoisotopic (exact) mass is 227 g/mol. The van der Waals surface area contributed by atoms with Gasteiger partial charge in [0.1, 0.15) is 0 Å². The zero-order valence-electron chi connectivity index (χ0n) is 9.38. The minimum Gasteiger partial charge on any atom is -1.00 e. The van der Waals surface area contributed by atoms with E-state index in [1.54, 1.807) is 0 Å². The molecule has 0 spiro atoms. The van der Waals surface area contributed by atoms with Crippen LogP contribution >= 0.6 is 0 Å². The van der Waals surface area contributed by atoms with Crippen molar-refractivity contribution in [2.45, 2.75) is 44.7 Å². The maximum Gasteiger partial charge on any atom is 0.0361 e. The molecular weight excluding hydrogens is 208 g/mol. The first-order valence-electron chi connectivity index (χ1n) is 5.70. The number of aromatic nitrogens is 1. The Morgan fingerprint density at radius 3 is 2.67 bits per heavy atom. The summed E-state index contributed by atoms with van der Waals surface area (Å²) in [4.78, 5) is 0. The average Bonchev–Trinajstić information content (AvgIpc) is 2.63. The van der Waals surface area contributed by atoms with Gasteiger partial charge in [-0.05, 0) is 25.0 Å². The van der Waals surface area contributed by atoms with Gasteiger partial charge in [-0.25, -0.2) is 0 Å². The van der Waals surface area contributed by atoms with E-state index in [1.807, 2.05) is 0 Å². The van der Waals surface area contributed by atoms with Crippen molar-refractivity contribution in [2.75, 3.05) is 0 Å². The van der Waals surface area contributed by atoms with E-state index < -0.39 is 0 Å². The third-order valence-electron chi connectivity index (χ3n) is 3.23. The molecule has 2 nitrogen and oxygen atoms in total. The lowest BCUT2D eigenvalue weighted by Gasteiger charge is -2.22. The van der Waals surface area contributed by atoms with Crippen LogP contribution in [-0.2, 0) is 13.6 Å². The van der Waals surface area contributed by atoms with E-state index in [0.717, 1.165) is 12.6 Å². The molecule has 1 saturated carbocycles. The lowest BCUT2D eigenvalue weighted by molar-refractivity contribution is -0.00000310. The zero-order valence-corrected chi connectivity index (χ0v) is 10.1. The first kappa shape index (κ1) is 12.6.